The summed E-state index contributed by atoms with van der Waals surface area (Å²) in [5.74, 6) is 0.0933. The Labute approximate surface area is 171 Å². The van der Waals surface area contributed by atoms with Crippen LogP contribution in [-0.4, -0.2) is 28.5 Å². The van der Waals surface area contributed by atoms with Gasteiger partial charge in [0.2, 0.25) is 0 Å². The van der Waals surface area contributed by atoms with E-state index >= 15 is 0 Å². The van der Waals surface area contributed by atoms with Crippen LogP contribution in [0.15, 0.2) is 66.9 Å². The third kappa shape index (κ3) is 4.02. The fraction of sp³-hybridized carbons (Fsp3) is 0.250. The van der Waals surface area contributed by atoms with Crippen LogP contribution in [-0.2, 0) is 13.6 Å². The van der Waals surface area contributed by atoms with Crippen LogP contribution in [0.25, 0.3) is 0 Å². The van der Waals surface area contributed by atoms with Gasteiger partial charge < -0.3 is 14.4 Å². The van der Waals surface area contributed by atoms with E-state index in [1.54, 1.807) is 0 Å². The number of nitriles is 1. The van der Waals surface area contributed by atoms with Gasteiger partial charge in [-0.2, -0.15) is 5.26 Å². The SMILES string of the molecule is Cn1cc(N(Cc2ccccc2)c2ccc(C#N)cc2)cc1C(=O)N1CCCC1. The van der Waals surface area contributed by atoms with Crippen molar-refractivity contribution in [1.82, 2.24) is 9.47 Å². The number of nitrogens with zero attached hydrogens (tertiary/aromatic N) is 4. The lowest BCUT2D eigenvalue weighted by molar-refractivity contribution is 0.0783. The summed E-state index contributed by atoms with van der Waals surface area (Å²) < 4.78 is 1.91. The lowest BCUT2D eigenvalue weighted by atomic mass is 10.1. The number of aryl methyl sites for hydroxylation is 1. The van der Waals surface area contributed by atoms with Gasteiger partial charge in [-0.05, 0) is 48.7 Å². The number of carbonyl (C=O) groups is 1. The molecule has 1 amide bonds. The largest absolute Gasteiger partial charge is 0.344 e. The number of rotatable bonds is 5. The Morgan fingerprint density at radius 1 is 1.03 bits per heavy atom. The van der Waals surface area contributed by atoms with Gasteiger partial charge in [0.1, 0.15) is 5.69 Å². The normalized spacial score (nSPS) is 13.3. The van der Waals surface area contributed by atoms with Crippen LogP contribution in [0.5, 0.6) is 0 Å². The molecule has 5 heteroatoms. The van der Waals surface area contributed by atoms with E-state index in [2.05, 4.69) is 23.1 Å². The van der Waals surface area contributed by atoms with Crippen molar-refractivity contribution in [1.29, 1.82) is 5.26 Å². The monoisotopic (exact) mass is 384 g/mol. The molecule has 0 radical (unpaired) electrons. The molecule has 0 aliphatic carbocycles. The highest BCUT2D eigenvalue weighted by Crippen LogP contribution is 2.30. The van der Waals surface area contributed by atoms with Crippen LogP contribution in [0.2, 0.25) is 0 Å². The summed E-state index contributed by atoms with van der Waals surface area (Å²) in [7, 11) is 1.92. The number of carbonyl (C=O) groups excluding carboxylic acids is 1. The van der Waals surface area contributed by atoms with Crippen molar-refractivity contribution >= 4 is 17.3 Å². The van der Waals surface area contributed by atoms with E-state index in [1.807, 2.05) is 71.2 Å². The molecule has 0 bridgehead atoms. The Kier molecular flexibility index (Phi) is 5.35. The van der Waals surface area contributed by atoms with E-state index < -0.39 is 0 Å². The molecule has 2 heterocycles. The van der Waals surface area contributed by atoms with Crippen molar-refractivity contribution in [2.45, 2.75) is 19.4 Å². The second-order valence-electron chi connectivity index (χ2n) is 7.42. The van der Waals surface area contributed by atoms with Crippen molar-refractivity contribution in [2.75, 3.05) is 18.0 Å². The zero-order chi connectivity index (χ0) is 20.2. The van der Waals surface area contributed by atoms with Gasteiger partial charge in [0.25, 0.3) is 5.91 Å². The maximum atomic E-state index is 12.9. The maximum absolute atomic E-state index is 12.9. The van der Waals surface area contributed by atoms with Gasteiger partial charge in [-0.25, -0.2) is 0 Å². The lowest BCUT2D eigenvalue weighted by Gasteiger charge is -2.24. The van der Waals surface area contributed by atoms with E-state index in [0.717, 1.165) is 37.3 Å². The molecule has 0 saturated carbocycles. The van der Waals surface area contributed by atoms with Crippen molar-refractivity contribution in [3.05, 3.63) is 83.7 Å². The van der Waals surface area contributed by atoms with Gasteiger partial charge in [-0.3, -0.25) is 4.79 Å². The van der Waals surface area contributed by atoms with Gasteiger partial charge in [-0.15, -0.1) is 0 Å². The smallest absolute Gasteiger partial charge is 0.270 e. The molecule has 1 aliphatic rings. The summed E-state index contributed by atoms with van der Waals surface area (Å²) in [4.78, 5) is 17.0. The average Bonchev–Trinajstić information content (AvgIpc) is 3.42. The first-order valence-electron chi connectivity index (χ1n) is 9.93. The van der Waals surface area contributed by atoms with E-state index in [1.165, 1.54) is 5.56 Å². The zero-order valence-corrected chi connectivity index (χ0v) is 16.6. The first-order valence-corrected chi connectivity index (χ1v) is 9.93. The molecule has 1 aliphatic heterocycles. The number of benzene rings is 2. The molecule has 0 spiro atoms. The summed E-state index contributed by atoms with van der Waals surface area (Å²) in [5.41, 5.74) is 4.45. The van der Waals surface area contributed by atoms with E-state index in [9.17, 15) is 4.79 Å². The molecule has 0 atom stereocenters. The molecular weight excluding hydrogens is 360 g/mol. The molecule has 146 valence electrons. The molecular formula is C24H24N4O. The predicted molar refractivity (Wildman–Crippen MR) is 114 cm³/mol. The van der Waals surface area contributed by atoms with Gasteiger partial charge >= 0.3 is 0 Å². The number of hydrogen-bond donors (Lipinski definition) is 0. The summed E-state index contributed by atoms with van der Waals surface area (Å²) in [5, 5.41) is 9.11. The van der Waals surface area contributed by atoms with Crippen LogP contribution in [0, 0.1) is 11.3 Å². The third-order valence-corrected chi connectivity index (χ3v) is 5.41. The lowest BCUT2D eigenvalue weighted by Crippen LogP contribution is -2.29. The Morgan fingerprint density at radius 2 is 1.72 bits per heavy atom. The highest BCUT2D eigenvalue weighted by atomic mass is 16.2. The van der Waals surface area contributed by atoms with Crippen LogP contribution in [0.1, 0.15) is 34.5 Å². The minimum Gasteiger partial charge on any atom is -0.344 e. The molecule has 1 aromatic heterocycles. The molecule has 29 heavy (non-hydrogen) atoms. The first-order chi connectivity index (χ1) is 14.2. The fourth-order valence-corrected chi connectivity index (χ4v) is 3.80. The Hall–Kier alpha value is -3.52. The Bertz CT molecular complexity index is 1020. The van der Waals surface area contributed by atoms with Crippen molar-refractivity contribution in [3.8, 4) is 6.07 Å². The van der Waals surface area contributed by atoms with Crippen LogP contribution < -0.4 is 4.90 Å². The number of likely N-dealkylation sites (tertiary alicyclic amines) is 1. The van der Waals surface area contributed by atoms with Gasteiger partial charge in [0.05, 0.1) is 17.3 Å². The van der Waals surface area contributed by atoms with Crippen molar-refractivity contribution in [2.24, 2.45) is 7.05 Å². The van der Waals surface area contributed by atoms with Crippen LogP contribution in [0.3, 0.4) is 0 Å². The predicted octanol–water partition coefficient (Wildman–Crippen LogP) is 4.47. The minimum atomic E-state index is 0.0933. The maximum Gasteiger partial charge on any atom is 0.270 e. The van der Waals surface area contributed by atoms with Crippen LogP contribution in [0.4, 0.5) is 11.4 Å². The number of amides is 1. The molecule has 1 fully saturated rings. The second kappa shape index (κ2) is 8.24. The molecule has 3 aromatic rings. The van der Waals surface area contributed by atoms with E-state index in [0.29, 0.717) is 17.8 Å². The molecule has 1 saturated heterocycles. The molecule has 5 nitrogen and oxygen atoms in total. The second-order valence-corrected chi connectivity index (χ2v) is 7.42. The van der Waals surface area contributed by atoms with E-state index in [-0.39, 0.29) is 5.91 Å². The Balaban J connectivity index is 1.69. The number of aromatic nitrogens is 1. The highest BCUT2D eigenvalue weighted by Gasteiger charge is 2.23. The highest BCUT2D eigenvalue weighted by molar-refractivity contribution is 5.94. The molecule has 4 rings (SSSR count). The third-order valence-electron chi connectivity index (χ3n) is 5.41. The molecule has 0 N–H and O–H groups in total. The molecule has 0 unspecified atom stereocenters. The number of anilines is 2. The van der Waals surface area contributed by atoms with Gasteiger partial charge in [0.15, 0.2) is 0 Å². The summed E-state index contributed by atoms with van der Waals surface area (Å²) in [6.07, 6.45) is 4.16. The quantitative estimate of drug-likeness (QED) is 0.652. The van der Waals surface area contributed by atoms with Crippen LogP contribution >= 0.6 is 0 Å². The van der Waals surface area contributed by atoms with Crippen molar-refractivity contribution in [3.63, 3.8) is 0 Å². The Morgan fingerprint density at radius 3 is 2.38 bits per heavy atom. The summed E-state index contributed by atoms with van der Waals surface area (Å²) in [6.45, 7) is 2.35. The topological polar surface area (TPSA) is 52.3 Å². The average molecular weight is 384 g/mol. The van der Waals surface area contributed by atoms with Crippen molar-refractivity contribution < 1.29 is 4.79 Å². The fourth-order valence-electron chi connectivity index (χ4n) is 3.80. The minimum absolute atomic E-state index is 0.0933. The number of hydrogen-bond acceptors (Lipinski definition) is 3. The zero-order valence-electron chi connectivity index (χ0n) is 16.6. The first kappa shape index (κ1) is 18.8. The van der Waals surface area contributed by atoms with Gasteiger partial charge in [0, 0.05) is 38.6 Å². The summed E-state index contributed by atoms with van der Waals surface area (Å²) in [6, 6.07) is 22.0. The van der Waals surface area contributed by atoms with Gasteiger partial charge in [-0.1, -0.05) is 30.3 Å². The van der Waals surface area contributed by atoms with E-state index in [4.69, 9.17) is 5.26 Å². The standard InChI is InChI=1S/C24H24N4O/c1-26-18-22(15-23(26)24(29)27-13-5-6-14-27)28(17-20-7-3-2-4-8-20)21-11-9-19(16-25)10-12-21/h2-4,7-12,15,18H,5-6,13-14,17H2,1H3. The summed E-state index contributed by atoms with van der Waals surface area (Å²) >= 11 is 0. The molecule has 2 aromatic carbocycles.